The van der Waals surface area contributed by atoms with E-state index < -0.39 is 0 Å². The van der Waals surface area contributed by atoms with Crippen molar-refractivity contribution < 1.29 is 9.47 Å². The monoisotopic (exact) mass is 676 g/mol. The van der Waals surface area contributed by atoms with Gasteiger partial charge >= 0.3 is 0 Å². The minimum Gasteiger partial charge on any atom is -0.458 e. The summed E-state index contributed by atoms with van der Waals surface area (Å²) in [5, 5.41) is 4.82. The van der Waals surface area contributed by atoms with Gasteiger partial charge in [-0.2, -0.15) is 0 Å². The molecule has 4 heterocycles. The summed E-state index contributed by atoms with van der Waals surface area (Å²) in [5.41, 5.74) is 12.4. The van der Waals surface area contributed by atoms with Gasteiger partial charge in [0.05, 0.1) is 22.1 Å². The summed E-state index contributed by atoms with van der Waals surface area (Å²) in [7, 11) is 0. The number of hydrogen-bond donors (Lipinski definition) is 0. The second-order valence-electron chi connectivity index (χ2n) is 14.0. The molecule has 0 bridgehead atoms. The summed E-state index contributed by atoms with van der Waals surface area (Å²) in [5.74, 6) is 3.41. The third-order valence-electron chi connectivity index (χ3n) is 11.2. The average Bonchev–Trinajstić information content (AvgIpc) is 3.73. The predicted molar refractivity (Wildman–Crippen MR) is 218 cm³/mol. The molecule has 0 amide bonds. The molecule has 5 heteroatoms. The van der Waals surface area contributed by atoms with Gasteiger partial charge in [-0.1, -0.05) is 109 Å². The molecule has 53 heavy (non-hydrogen) atoms. The van der Waals surface area contributed by atoms with E-state index in [1.807, 2.05) is 0 Å². The highest BCUT2D eigenvalue weighted by molar-refractivity contribution is 6.98. The Balaban J connectivity index is 1.29. The Bertz CT molecular complexity index is 2920. The average molecular weight is 677 g/mol. The fourth-order valence-electron chi connectivity index (χ4n) is 9.07. The highest BCUT2D eigenvalue weighted by atomic mass is 16.5. The van der Waals surface area contributed by atoms with Crippen LogP contribution in [-0.2, 0) is 0 Å². The fourth-order valence-corrected chi connectivity index (χ4v) is 9.07. The van der Waals surface area contributed by atoms with Crippen LogP contribution in [0.3, 0.4) is 0 Å². The zero-order chi connectivity index (χ0) is 34.6. The van der Waals surface area contributed by atoms with Crippen molar-refractivity contribution in [2.45, 2.75) is 0 Å². The molecule has 0 saturated heterocycles. The maximum Gasteiger partial charge on any atom is 0.260 e. The van der Waals surface area contributed by atoms with Crippen LogP contribution in [0.25, 0.3) is 66.1 Å². The summed E-state index contributed by atoms with van der Waals surface area (Å²) < 4.78 is 18.6. The van der Waals surface area contributed by atoms with Crippen molar-refractivity contribution in [1.82, 2.24) is 9.13 Å². The van der Waals surface area contributed by atoms with Crippen LogP contribution in [0.4, 0.5) is 0 Å². The number of benzene rings is 8. The quantitative estimate of drug-likeness (QED) is 0.174. The van der Waals surface area contributed by atoms with E-state index >= 15 is 0 Å². The molecule has 2 aromatic heterocycles. The zero-order valence-corrected chi connectivity index (χ0v) is 28.5. The Morgan fingerprint density at radius 1 is 0.377 bits per heavy atom. The second kappa shape index (κ2) is 10.8. The number of para-hydroxylation sites is 6. The molecule has 246 valence electrons. The topological polar surface area (TPSA) is 28.3 Å². The van der Waals surface area contributed by atoms with Crippen molar-refractivity contribution in [3.63, 3.8) is 0 Å². The highest BCUT2D eigenvalue weighted by Crippen LogP contribution is 2.48. The molecule has 0 aliphatic carbocycles. The lowest BCUT2D eigenvalue weighted by Gasteiger charge is -2.33. The summed E-state index contributed by atoms with van der Waals surface area (Å²) in [6, 6.07) is 62.8. The Kier molecular flexibility index (Phi) is 5.83. The molecule has 4 nitrogen and oxygen atoms in total. The molecule has 0 atom stereocenters. The molecule has 0 fully saturated rings. The van der Waals surface area contributed by atoms with E-state index in [0.29, 0.717) is 0 Å². The van der Waals surface area contributed by atoms with Gasteiger partial charge in [-0.25, -0.2) is 0 Å². The molecule has 2 aliphatic rings. The molecule has 0 spiro atoms. The third-order valence-corrected chi connectivity index (χ3v) is 11.2. The van der Waals surface area contributed by atoms with Gasteiger partial charge < -0.3 is 18.6 Å². The Morgan fingerprint density at radius 3 is 1.32 bits per heavy atom. The van der Waals surface area contributed by atoms with Gasteiger partial charge in [0, 0.05) is 43.9 Å². The Hall–Kier alpha value is -6.98. The molecule has 2 aliphatic heterocycles. The van der Waals surface area contributed by atoms with E-state index in [-0.39, 0.29) is 6.71 Å². The summed E-state index contributed by atoms with van der Waals surface area (Å²) in [6.45, 7) is 0.00583. The molecule has 0 N–H and O–H groups in total. The van der Waals surface area contributed by atoms with Gasteiger partial charge in [0.25, 0.3) is 6.71 Å². The first-order chi connectivity index (χ1) is 26.3. The third kappa shape index (κ3) is 3.96. The van der Waals surface area contributed by atoms with Crippen LogP contribution in [0.1, 0.15) is 0 Å². The van der Waals surface area contributed by atoms with E-state index in [1.54, 1.807) is 0 Å². The second-order valence-corrected chi connectivity index (χ2v) is 14.0. The van der Waals surface area contributed by atoms with Gasteiger partial charge in [-0.15, -0.1) is 0 Å². The van der Waals surface area contributed by atoms with Gasteiger partial charge in [-0.3, -0.25) is 0 Å². The SMILES string of the molecule is c1ccc(-n2c3ccccc3c3cc4c5ccccc5n(-c5ccccc5)c4c(-c4cc5c6c(c4)Oc4ccccc4B6c4ccccc4O5)c32)cc1. The standard InChI is InChI=1S/C48H29BN2O2/c1-3-15-31(16-4-1)50-39-23-11-7-19-33(39)35-29-36-34-20-8-12-24-40(34)51(32-17-5-2-6-18-32)48(36)45(47(35)50)30-27-43-46-44(28-30)53-42-26-14-10-22-38(42)49(46)37-21-9-13-25-41(37)52-43/h1-29H. The molecule has 8 aromatic carbocycles. The van der Waals surface area contributed by atoms with Crippen molar-refractivity contribution in [2.75, 3.05) is 0 Å². The molecule has 0 radical (unpaired) electrons. The largest absolute Gasteiger partial charge is 0.458 e. The van der Waals surface area contributed by atoms with Crippen LogP contribution in [0.5, 0.6) is 23.0 Å². The van der Waals surface area contributed by atoms with Gasteiger partial charge in [0.1, 0.15) is 23.0 Å². The van der Waals surface area contributed by atoms with Crippen LogP contribution in [0.2, 0.25) is 0 Å². The lowest BCUT2D eigenvalue weighted by molar-refractivity contribution is 0.465. The minimum absolute atomic E-state index is 0.00583. The number of ether oxygens (including phenoxy) is 2. The van der Waals surface area contributed by atoms with E-state index in [4.69, 9.17) is 9.47 Å². The number of hydrogen-bond acceptors (Lipinski definition) is 2. The summed E-state index contributed by atoms with van der Waals surface area (Å²) in [4.78, 5) is 0. The van der Waals surface area contributed by atoms with E-state index in [1.165, 1.54) is 21.5 Å². The predicted octanol–water partition coefficient (Wildman–Crippen LogP) is 10.3. The first-order valence-electron chi connectivity index (χ1n) is 18.1. The first-order valence-corrected chi connectivity index (χ1v) is 18.1. The summed E-state index contributed by atoms with van der Waals surface area (Å²) >= 11 is 0. The van der Waals surface area contributed by atoms with Crippen molar-refractivity contribution in [3.8, 4) is 45.5 Å². The molecule has 10 aromatic rings. The lowest BCUT2D eigenvalue weighted by Crippen LogP contribution is -2.57. The zero-order valence-electron chi connectivity index (χ0n) is 28.5. The maximum atomic E-state index is 6.88. The Labute approximate surface area is 305 Å². The van der Waals surface area contributed by atoms with Crippen LogP contribution < -0.4 is 25.9 Å². The number of aromatic nitrogens is 2. The Morgan fingerprint density at radius 2 is 0.811 bits per heavy atom. The van der Waals surface area contributed by atoms with E-state index in [2.05, 4.69) is 185 Å². The van der Waals surface area contributed by atoms with Crippen LogP contribution in [-0.4, -0.2) is 15.8 Å². The van der Waals surface area contributed by atoms with Crippen LogP contribution in [0.15, 0.2) is 176 Å². The van der Waals surface area contributed by atoms with Gasteiger partial charge in [0.2, 0.25) is 0 Å². The lowest BCUT2D eigenvalue weighted by atomic mass is 9.35. The molecular weight excluding hydrogens is 647 g/mol. The number of nitrogens with zero attached hydrogens (tertiary/aromatic N) is 2. The van der Waals surface area contributed by atoms with Gasteiger partial charge in [0.15, 0.2) is 0 Å². The fraction of sp³-hybridized carbons (Fsp3) is 0. The van der Waals surface area contributed by atoms with Crippen LogP contribution >= 0.6 is 0 Å². The normalized spacial score (nSPS) is 12.8. The van der Waals surface area contributed by atoms with Crippen molar-refractivity contribution >= 4 is 66.7 Å². The van der Waals surface area contributed by atoms with Crippen molar-refractivity contribution in [2.24, 2.45) is 0 Å². The van der Waals surface area contributed by atoms with E-state index in [0.717, 1.165) is 84.0 Å². The minimum atomic E-state index is 0.00583. The molecule has 12 rings (SSSR count). The highest BCUT2D eigenvalue weighted by Gasteiger charge is 2.40. The van der Waals surface area contributed by atoms with Crippen molar-refractivity contribution in [1.29, 1.82) is 0 Å². The van der Waals surface area contributed by atoms with Crippen LogP contribution in [0, 0.1) is 0 Å². The summed E-state index contributed by atoms with van der Waals surface area (Å²) in [6.07, 6.45) is 0. The van der Waals surface area contributed by atoms with Crippen molar-refractivity contribution in [3.05, 3.63) is 176 Å². The maximum absolute atomic E-state index is 6.88. The molecule has 0 saturated carbocycles. The first kappa shape index (κ1) is 28.7. The molecule has 0 unspecified atom stereocenters. The molecular formula is C48H29BN2O2. The van der Waals surface area contributed by atoms with E-state index in [9.17, 15) is 0 Å². The number of rotatable bonds is 3. The number of fused-ring (bicyclic) bond motifs is 10. The smallest absolute Gasteiger partial charge is 0.260 e. The van der Waals surface area contributed by atoms with Gasteiger partial charge in [-0.05, 0) is 83.2 Å².